The Hall–Kier alpha value is -2.69. The average molecular weight is 299 g/mol. The second-order valence-corrected chi connectivity index (χ2v) is 5.17. The minimum absolute atomic E-state index is 0.0901. The van der Waals surface area contributed by atoms with Crippen molar-refractivity contribution >= 4 is 17.4 Å². The molecule has 2 aromatic carbocycles. The van der Waals surface area contributed by atoms with Gasteiger partial charge >= 0.3 is 0 Å². The monoisotopic (exact) mass is 299 g/mol. The fourth-order valence-corrected chi connectivity index (χ4v) is 2.36. The Kier molecular flexibility index (Phi) is 3.63. The standard InChI is InChI=1S/C17H14FNO3/c1-11-2-7-14-16(8-11)22-10-17(21)19(14)9-15(20)12-3-5-13(18)6-4-12/h2-8H,9-10H2,1H3. The Bertz CT molecular complexity index is 740. The number of fused-ring (bicyclic) bond motifs is 1. The maximum absolute atomic E-state index is 12.9. The van der Waals surface area contributed by atoms with Gasteiger partial charge < -0.3 is 4.74 Å². The molecule has 0 aliphatic carbocycles. The normalized spacial score (nSPS) is 13.5. The number of ether oxygens (including phenoxy) is 1. The topological polar surface area (TPSA) is 46.6 Å². The molecule has 1 heterocycles. The number of benzene rings is 2. The third kappa shape index (κ3) is 2.70. The van der Waals surface area contributed by atoms with Crippen molar-refractivity contribution in [1.29, 1.82) is 0 Å². The molecular weight excluding hydrogens is 285 g/mol. The van der Waals surface area contributed by atoms with Crippen molar-refractivity contribution in [2.75, 3.05) is 18.1 Å². The van der Waals surface area contributed by atoms with Crippen LogP contribution in [0.3, 0.4) is 0 Å². The van der Waals surface area contributed by atoms with Crippen molar-refractivity contribution in [2.24, 2.45) is 0 Å². The van der Waals surface area contributed by atoms with Crippen LogP contribution in [0.2, 0.25) is 0 Å². The first kappa shape index (κ1) is 14.3. The number of nitrogens with zero attached hydrogens (tertiary/aromatic N) is 1. The highest BCUT2D eigenvalue weighted by atomic mass is 19.1. The molecule has 1 aliphatic rings. The molecule has 0 bridgehead atoms. The van der Waals surface area contributed by atoms with Crippen LogP contribution in [-0.2, 0) is 4.79 Å². The van der Waals surface area contributed by atoms with Crippen molar-refractivity contribution in [1.82, 2.24) is 0 Å². The molecule has 0 saturated carbocycles. The van der Waals surface area contributed by atoms with E-state index in [-0.39, 0.29) is 24.8 Å². The van der Waals surface area contributed by atoms with Crippen molar-refractivity contribution in [2.45, 2.75) is 6.92 Å². The zero-order valence-electron chi connectivity index (χ0n) is 12.0. The minimum Gasteiger partial charge on any atom is -0.482 e. The van der Waals surface area contributed by atoms with Gasteiger partial charge in [0, 0.05) is 5.56 Å². The van der Waals surface area contributed by atoms with E-state index in [9.17, 15) is 14.0 Å². The third-order valence-corrected chi connectivity index (χ3v) is 3.53. The molecule has 1 aliphatic heterocycles. The zero-order valence-corrected chi connectivity index (χ0v) is 12.0. The van der Waals surface area contributed by atoms with E-state index < -0.39 is 5.82 Å². The lowest BCUT2D eigenvalue weighted by Gasteiger charge is -2.29. The molecule has 0 N–H and O–H groups in total. The van der Waals surface area contributed by atoms with Gasteiger partial charge in [-0.15, -0.1) is 0 Å². The summed E-state index contributed by atoms with van der Waals surface area (Å²) in [6.45, 7) is 1.74. The Labute approximate surface area is 127 Å². The van der Waals surface area contributed by atoms with Gasteiger partial charge in [0.25, 0.3) is 5.91 Å². The number of ketones is 1. The van der Waals surface area contributed by atoms with Gasteiger partial charge in [-0.25, -0.2) is 4.39 Å². The Morgan fingerprint density at radius 2 is 1.95 bits per heavy atom. The number of halogens is 1. The summed E-state index contributed by atoms with van der Waals surface area (Å²) >= 11 is 0. The van der Waals surface area contributed by atoms with Crippen molar-refractivity contribution in [3.63, 3.8) is 0 Å². The lowest BCUT2D eigenvalue weighted by Crippen LogP contribution is -2.42. The molecule has 0 atom stereocenters. The van der Waals surface area contributed by atoms with E-state index in [1.165, 1.54) is 29.2 Å². The molecule has 0 fully saturated rings. The second-order valence-electron chi connectivity index (χ2n) is 5.17. The first-order valence-corrected chi connectivity index (χ1v) is 6.87. The van der Waals surface area contributed by atoms with Crippen molar-refractivity contribution in [3.05, 3.63) is 59.4 Å². The van der Waals surface area contributed by atoms with Crippen LogP contribution in [0.4, 0.5) is 10.1 Å². The van der Waals surface area contributed by atoms with Gasteiger partial charge in [-0.2, -0.15) is 0 Å². The van der Waals surface area contributed by atoms with Crippen LogP contribution < -0.4 is 9.64 Å². The molecule has 0 aromatic heterocycles. The molecule has 4 nitrogen and oxygen atoms in total. The van der Waals surface area contributed by atoms with E-state index in [1.54, 1.807) is 6.07 Å². The largest absolute Gasteiger partial charge is 0.482 e. The van der Waals surface area contributed by atoms with Gasteiger partial charge in [-0.3, -0.25) is 14.5 Å². The molecule has 5 heteroatoms. The molecule has 112 valence electrons. The van der Waals surface area contributed by atoms with E-state index in [0.29, 0.717) is 17.0 Å². The van der Waals surface area contributed by atoms with E-state index >= 15 is 0 Å². The van der Waals surface area contributed by atoms with Gasteiger partial charge in [0.15, 0.2) is 12.4 Å². The number of hydrogen-bond acceptors (Lipinski definition) is 3. The van der Waals surface area contributed by atoms with Gasteiger partial charge in [0.05, 0.1) is 12.2 Å². The fraction of sp³-hybridized carbons (Fsp3) is 0.176. The number of rotatable bonds is 3. The predicted molar refractivity (Wildman–Crippen MR) is 79.8 cm³/mol. The first-order chi connectivity index (χ1) is 10.5. The summed E-state index contributed by atoms with van der Waals surface area (Å²) in [7, 11) is 0. The van der Waals surface area contributed by atoms with E-state index in [4.69, 9.17) is 4.74 Å². The number of amides is 1. The SMILES string of the molecule is Cc1ccc2c(c1)OCC(=O)N2CC(=O)c1ccc(F)cc1. The lowest BCUT2D eigenvalue weighted by atomic mass is 10.1. The summed E-state index contributed by atoms with van der Waals surface area (Å²) in [6, 6.07) is 10.7. The van der Waals surface area contributed by atoms with Crippen LogP contribution in [0.1, 0.15) is 15.9 Å². The maximum Gasteiger partial charge on any atom is 0.265 e. The summed E-state index contributed by atoms with van der Waals surface area (Å²) in [6.07, 6.45) is 0. The Morgan fingerprint density at radius 3 is 2.68 bits per heavy atom. The number of Topliss-reactive ketones (excluding diaryl/α,β-unsaturated/α-hetero) is 1. The smallest absolute Gasteiger partial charge is 0.265 e. The number of aryl methyl sites for hydroxylation is 1. The van der Waals surface area contributed by atoms with Crippen LogP contribution in [0.15, 0.2) is 42.5 Å². The molecule has 1 amide bonds. The molecule has 0 radical (unpaired) electrons. The average Bonchev–Trinajstić information content (AvgIpc) is 2.50. The Balaban J connectivity index is 1.87. The quantitative estimate of drug-likeness (QED) is 0.819. The van der Waals surface area contributed by atoms with Crippen molar-refractivity contribution < 1.29 is 18.7 Å². The van der Waals surface area contributed by atoms with Gasteiger partial charge in [0.2, 0.25) is 0 Å². The zero-order chi connectivity index (χ0) is 15.7. The van der Waals surface area contributed by atoms with Gasteiger partial charge in [-0.05, 0) is 48.9 Å². The van der Waals surface area contributed by atoms with Crippen LogP contribution in [0, 0.1) is 12.7 Å². The highest BCUT2D eigenvalue weighted by Crippen LogP contribution is 2.32. The fourth-order valence-electron chi connectivity index (χ4n) is 2.36. The number of hydrogen-bond donors (Lipinski definition) is 0. The van der Waals surface area contributed by atoms with E-state index in [1.807, 2.05) is 19.1 Å². The molecule has 0 saturated heterocycles. The third-order valence-electron chi connectivity index (χ3n) is 3.53. The van der Waals surface area contributed by atoms with Crippen LogP contribution in [-0.4, -0.2) is 24.8 Å². The summed E-state index contributed by atoms with van der Waals surface area (Å²) in [5.41, 5.74) is 1.96. The first-order valence-electron chi connectivity index (χ1n) is 6.87. The maximum atomic E-state index is 12.9. The number of anilines is 1. The van der Waals surface area contributed by atoms with E-state index in [0.717, 1.165) is 5.56 Å². The molecular formula is C17H14FNO3. The number of carbonyl (C=O) groups excluding carboxylic acids is 2. The molecule has 22 heavy (non-hydrogen) atoms. The van der Waals surface area contributed by atoms with Gasteiger partial charge in [-0.1, -0.05) is 6.07 Å². The molecule has 0 unspecified atom stereocenters. The molecule has 3 rings (SSSR count). The number of carbonyl (C=O) groups is 2. The van der Waals surface area contributed by atoms with Crippen LogP contribution in [0.25, 0.3) is 0 Å². The minimum atomic E-state index is -0.403. The lowest BCUT2D eigenvalue weighted by molar-refractivity contribution is -0.121. The predicted octanol–water partition coefficient (Wildman–Crippen LogP) is 2.74. The highest BCUT2D eigenvalue weighted by Gasteiger charge is 2.27. The highest BCUT2D eigenvalue weighted by molar-refractivity contribution is 6.07. The van der Waals surface area contributed by atoms with Crippen LogP contribution in [0.5, 0.6) is 5.75 Å². The Morgan fingerprint density at radius 1 is 1.23 bits per heavy atom. The summed E-state index contributed by atoms with van der Waals surface area (Å²) < 4.78 is 18.3. The second kappa shape index (κ2) is 5.60. The molecule has 2 aromatic rings. The summed E-state index contributed by atoms with van der Waals surface area (Å²) in [5.74, 6) is -0.333. The molecule has 0 spiro atoms. The summed E-state index contributed by atoms with van der Waals surface area (Å²) in [5, 5.41) is 0. The van der Waals surface area contributed by atoms with Gasteiger partial charge in [0.1, 0.15) is 11.6 Å². The van der Waals surface area contributed by atoms with E-state index in [2.05, 4.69) is 0 Å². The van der Waals surface area contributed by atoms with Crippen LogP contribution >= 0.6 is 0 Å². The van der Waals surface area contributed by atoms with Crippen molar-refractivity contribution in [3.8, 4) is 5.75 Å². The summed E-state index contributed by atoms with van der Waals surface area (Å²) in [4.78, 5) is 25.7.